The molecule has 1 amide bonds. The van der Waals surface area contributed by atoms with Crippen LogP contribution in [0.1, 0.15) is 62.0 Å². The third-order valence-corrected chi connectivity index (χ3v) is 6.71. The minimum atomic E-state index is -5.02. The first-order valence-electron chi connectivity index (χ1n) is 11.2. The molecular formula is C24H20F5N5O2. The number of aldehydes is 1. The second-order valence-corrected chi connectivity index (χ2v) is 8.77. The lowest BCUT2D eigenvalue weighted by Gasteiger charge is -2.35. The molecule has 0 N–H and O–H groups in total. The second-order valence-electron chi connectivity index (χ2n) is 8.77. The molecule has 0 saturated carbocycles. The van der Waals surface area contributed by atoms with Gasteiger partial charge in [-0.25, -0.2) is 8.78 Å². The largest absolute Gasteiger partial charge is 0.419 e. The number of carbonyl (C=O) groups is 2. The zero-order valence-electron chi connectivity index (χ0n) is 18.8. The summed E-state index contributed by atoms with van der Waals surface area (Å²) in [5.41, 5.74) is 0.0902. The Morgan fingerprint density at radius 2 is 1.72 bits per heavy atom. The number of benzene rings is 1. The molecule has 12 heteroatoms. The topological polar surface area (TPSA) is 71.3 Å². The van der Waals surface area contributed by atoms with Gasteiger partial charge in [0.25, 0.3) is 5.91 Å². The molecule has 0 atom stereocenters. The first kappa shape index (κ1) is 23.9. The maximum Gasteiger partial charge on any atom is 0.419 e. The molecule has 2 aliphatic rings. The fourth-order valence-corrected chi connectivity index (χ4v) is 4.96. The van der Waals surface area contributed by atoms with Crippen LogP contribution >= 0.6 is 0 Å². The predicted molar refractivity (Wildman–Crippen MR) is 117 cm³/mol. The molecule has 2 aliphatic heterocycles. The van der Waals surface area contributed by atoms with Crippen LogP contribution in [-0.2, 0) is 19.3 Å². The Morgan fingerprint density at radius 1 is 1.03 bits per heavy atom. The monoisotopic (exact) mass is 505 g/mol. The summed E-state index contributed by atoms with van der Waals surface area (Å²) < 4.78 is 68.1. The summed E-state index contributed by atoms with van der Waals surface area (Å²) in [7, 11) is 0. The van der Waals surface area contributed by atoms with E-state index in [1.807, 2.05) is 0 Å². The molecule has 0 unspecified atom stereocenters. The first-order valence-corrected chi connectivity index (χ1v) is 11.2. The van der Waals surface area contributed by atoms with Crippen molar-refractivity contribution in [3.05, 3.63) is 81.9 Å². The van der Waals surface area contributed by atoms with Gasteiger partial charge in [-0.05, 0) is 42.5 Å². The molecule has 5 rings (SSSR count). The fourth-order valence-electron chi connectivity index (χ4n) is 4.96. The number of hydrogen-bond acceptors (Lipinski definition) is 5. The van der Waals surface area contributed by atoms with Crippen LogP contribution in [0.4, 0.5) is 22.0 Å². The maximum atomic E-state index is 14.1. The molecule has 0 spiro atoms. The highest BCUT2D eigenvalue weighted by Crippen LogP contribution is 2.41. The lowest BCUT2D eigenvalue weighted by atomic mass is 9.86. The number of alkyl halides is 3. The molecule has 1 saturated heterocycles. The Bertz CT molecular complexity index is 1320. The number of hydrogen-bond donors (Lipinski definition) is 0. The Balaban J connectivity index is 1.36. The predicted octanol–water partition coefficient (Wildman–Crippen LogP) is 4.06. The first-order chi connectivity index (χ1) is 17.2. The summed E-state index contributed by atoms with van der Waals surface area (Å²) in [5, 5.41) is 6.15. The summed E-state index contributed by atoms with van der Waals surface area (Å²) in [6.07, 6.45) is -0.922. The highest BCUT2D eigenvalue weighted by atomic mass is 19.4. The van der Waals surface area contributed by atoms with Gasteiger partial charge in [-0.2, -0.15) is 18.0 Å². The highest BCUT2D eigenvalue weighted by Gasteiger charge is 2.41. The standard InChI is InChI=1S/C24H20F5N5O2/c25-18-2-1-16(21(22(18)26)24(27,28)29)14-5-9-33(10-6-14)34-20-12-32(11-17(20)19(13-35)31-34)23(36)15-3-7-30-8-4-15/h1-4,7-8,13-14H,5-6,9-12H2. The summed E-state index contributed by atoms with van der Waals surface area (Å²) in [4.78, 5) is 31.6. The zero-order valence-corrected chi connectivity index (χ0v) is 18.8. The van der Waals surface area contributed by atoms with Gasteiger partial charge in [0.15, 0.2) is 17.9 Å². The molecule has 0 bridgehead atoms. The van der Waals surface area contributed by atoms with E-state index in [0.717, 1.165) is 12.1 Å². The van der Waals surface area contributed by atoms with Crippen LogP contribution in [-0.4, -0.2) is 45.1 Å². The molecule has 1 fully saturated rings. The molecule has 2 aromatic heterocycles. The Kier molecular flexibility index (Phi) is 5.97. The quantitative estimate of drug-likeness (QED) is 0.395. The lowest BCUT2D eigenvalue weighted by molar-refractivity contribution is -0.141. The minimum Gasteiger partial charge on any atom is -0.328 e. The number of rotatable bonds is 4. The number of aromatic nitrogens is 3. The molecule has 188 valence electrons. The Labute approximate surface area is 202 Å². The fraction of sp³-hybridized carbons (Fsp3) is 0.333. The van der Waals surface area contributed by atoms with Crippen LogP contribution in [0.15, 0.2) is 36.7 Å². The van der Waals surface area contributed by atoms with E-state index in [2.05, 4.69) is 10.1 Å². The normalized spacial score (nSPS) is 16.4. The molecule has 7 nitrogen and oxygen atoms in total. The van der Waals surface area contributed by atoms with Gasteiger partial charge in [0.2, 0.25) is 0 Å². The van der Waals surface area contributed by atoms with Crippen molar-refractivity contribution in [2.24, 2.45) is 0 Å². The number of amides is 1. The van der Waals surface area contributed by atoms with Gasteiger partial charge in [-0.3, -0.25) is 19.6 Å². The number of nitrogens with zero attached hydrogens (tertiary/aromatic N) is 5. The molecular weight excluding hydrogens is 485 g/mol. The van der Waals surface area contributed by atoms with Gasteiger partial charge in [0, 0.05) is 36.6 Å². The minimum absolute atomic E-state index is 0.192. The van der Waals surface area contributed by atoms with Gasteiger partial charge in [0.1, 0.15) is 5.69 Å². The van der Waals surface area contributed by atoms with Crippen LogP contribution in [0.25, 0.3) is 0 Å². The van der Waals surface area contributed by atoms with Crippen LogP contribution < -0.4 is 5.01 Å². The van der Waals surface area contributed by atoms with Crippen LogP contribution in [0.2, 0.25) is 0 Å². The smallest absolute Gasteiger partial charge is 0.328 e. The van der Waals surface area contributed by atoms with E-state index in [1.165, 1.54) is 12.4 Å². The summed E-state index contributed by atoms with van der Waals surface area (Å²) in [5.74, 6) is -4.29. The van der Waals surface area contributed by atoms with Crippen LogP contribution in [0.5, 0.6) is 0 Å². The van der Waals surface area contributed by atoms with Crippen molar-refractivity contribution in [3.8, 4) is 0 Å². The van der Waals surface area contributed by atoms with Gasteiger partial charge in [0.05, 0.1) is 24.3 Å². The van der Waals surface area contributed by atoms with Gasteiger partial charge < -0.3 is 4.90 Å². The Morgan fingerprint density at radius 3 is 2.36 bits per heavy atom. The van der Waals surface area contributed by atoms with E-state index >= 15 is 0 Å². The third-order valence-electron chi connectivity index (χ3n) is 6.71. The number of piperidine rings is 1. The van der Waals surface area contributed by atoms with Crippen molar-refractivity contribution in [3.63, 3.8) is 0 Å². The van der Waals surface area contributed by atoms with Gasteiger partial charge in [-0.1, -0.05) is 6.07 Å². The van der Waals surface area contributed by atoms with E-state index in [-0.39, 0.29) is 56.2 Å². The van der Waals surface area contributed by atoms with Crippen molar-refractivity contribution in [1.82, 2.24) is 19.8 Å². The van der Waals surface area contributed by atoms with Crippen molar-refractivity contribution < 1.29 is 31.5 Å². The van der Waals surface area contributed by atoms with Crippen molar-refractivity contribution in [1.29, 1.82) is 0 Å². The lowest BCUT2D eigenvalue weighted by Crippen LogP contribution is -2.43. The average Bonchev–Trinajstić information content (AvgIpc) is 3.44. The summed E-state index contributed by atoms with van der Waals surface area (Å²) >= 11 is 0. The Hall–Kier alpha value is -3.83. The number of carbonyl (C=O) groups excluding carboxylic acids is 2. The average molecular weight is 505 g/mol. The van der Waals surface area contributed by atoms with E-state index in [1.54, 1.807) is 26.8 Å². The van der Waals surface area contributed by atoms with E-state index in [9.17, 15) is 31.5 Å². The van der Waals surface area contributed by atoms with E-state index in [4.69, 9.17) is 0 Å². The summed E-state index contributed by atoms with van der Waals surface area (Å²) in [6, 6.07) is 4.91. The summed E-state index contributed by atoms with van der Waals surface area (Å²) in [6.45, 7) is 0.945. The number of fused-ring (bicyclic) bond motifs is 1. The molecule has 1 aromatic carbocycles. The zero-order chi connectivity index (χ0) is 25.6. The van der Waals surface area contributed by atoms with Gasteiger partial charge >= 0.3 is 6.18 Å². The van der Waals surface area contributed by atoms with Gasteiger partial charge in [-0.15, -0.1) is 5.10 Å². The van der Waals surface area contributed by atoms with Crippen molar-refractivity contribution >= 4 is 12.2 Å². The molecule has 4 heterocycles. The second kappa shape index (κ2) is 8.99. The molecule has 3 aromatic rings. The van der Waals surface area contributed by atoms with E-state index in [0.29, 0.717) is 23.1 Å². The highest BCUT2D eigenvalue weighted by molar-refractivity contribution is 5.94. The van der Waals surface area contributed by atoms with Crippen molar-refractivity contribution in [2.45, 2.75) is 38.0 Å². The van der Waals surface area contributed by atoms with Crippen LogP contribution in [0, 0.1) is 11.6 Å². The van der Waals surface area contributed by atoms with Crippen molar-refractivity contribution in [2.75, 3.05) is 18.1 Å². The number of pyridine rings is 1. The third kappa shape index (κ3) is 4.10. The van der Waals surface area contributed by atoms with Crippen LogP contribution in [0.3, 0.4) is 0 Å². The SMILES string of the molecule is O=Cc1nn(N2CCC(c3ccc(F)c(F)c3C(F)(F)F)CC2)c2c1CN(C(=O)c1ccncc1)C2. The maximum absolute atomic E-state index is 14.1. The molecule has 0 radical (unpaired) electrons. The number of halogens is 5. The van der Waals surface area contributed by atoms with E-state index < -0.39 is 29.3 Å². The molecule has 36 heavy (non-hydrogen) atoms. The molecule has 0 aliphatic carbocycles.